The molecule has 0 amide bonds. The fourth-order valence-electron chi connectivity index (χ4n) is 1.85. The summed E-state index contributed by atoms with van der Waals surface area (Å²) in [4.78, 5) is 0.264. The summed E-state index contributed by atoms with van der Waals surface area (Å²) < 4.78 is 32.6. The molecule has 2 N–H and O–H groups in total. The van der Waals surface area contributed by atoms with Gasteiger partial charge in [0.2, 0.25) is 10.0 Å². The standard InChI is InChI=1S/C15H26N2O3S/c1-6-20-15-8-7-14(21(18,19)17-12(4)5)9-13(15)10-16-11(2)3/h7-9,11-12,16-17H,6,10H2,1-5H3. The number of hydrogen-bond donors (Lipinski definition) is 2. The average molecular weight is 314 g/mol. The molecule has 0 aliphatic heterocycles. The highest BCUT2D eigenvalue weighted by Gasteiger charge is 2.17. The van der Waals surface area contributed by atoms with Crippen LogP contribution in [0.4, 0.5) is 0 Å². The summed E-state index contributed by atoms with van der Waals surface area (Å²) in [5.41, 5.74) is 0.845. The van der Waals surface area contributed by atoms with Gasteiger partial charge in [-0.2, -0.15) is 0 Å². The van der Waals surface area contributed by atoms with Crippen LogP contribution in [0.1, 0.15) is 40.2 Å². The Kier molecular flexibility index (Phi) is 6.64. The molecule has 0 saturated heterocycles. The zero-order valence-corrected chi connectivity index (χ0v) is 14.3. The maximum absolute atomic E-state index is 12.2. The summed E-state index contributed by atoms with van der Waals surface area (Å²) in [6.07, 6.45) is 0. The third kappa shape index (κ3) is 5.65. The third-order valence-electron chi connectivity index (χ3n) is 2.73. The molecule has 21 heavy (non-hydrogen) atoms. The van der Waals surface area contributed by atoms with Crippen LogP contribution in [0.25, 0.3) is 0 Å². The molecule has 0 aliphatic rings. The van der Waals surface area contributed by atoms with Crippen LogP contribution in [-0.2, 0) is 16.6 Å². The fourth-order valence-corrected chi connectivity index (χ4v) is 3.15. The van der Waals surface area contributed by atoms with Crippen molar-refractivity contribution in [1.29, 1.82) is 0 Å². The Morgan fingerprint density at radius 3 is 2.33 bits per heavy atom. The van der Waals surface area contributed by atoms with E-state index >= 15 is 0 Å². The van der Waals surface area contributed by atoms with Crippen LogP contribution in [0.5, 0.6) is 5.75 Å². The van der Waals surface area contributed by atoms with Gasteiger partial charge in [0.25, 0.3) is 0 Å². The second-order valence-electron chi connectivity index (χ2n) is 5.51. The second kappa shape index (κ2) is 7.77. The van der Waals surface area contributed by atoms with Crippen LogP contribution in [0.2, 0.25) is 0 Å². The number of hydrogen-bond acceptors (Lipinski definition) is 4. The Labute approximate surface area is 128 Å². The zero-order valence-electron chi connectivity index (χ0n) is 13.4. The zero-order chi connectivity index (χ0) is 16.0. The van der Waals surface area contributed by atoms with E-state index in [-0.39, 0.29) is 10.9 Å². The van der Waals surface area contributed by atoms with Gasteiger partial charge in [-0.15, -0.1) is 0 Å². The molecule has 0 atom stereocenters. The van der Waals surface area contributed by atoms with Crippen molar-refractivity contribution in [2.75, 3.05) is 6.61 Å². The summed E-state index contributed by atoms with van der Waals surface area (Å²) in [6.45, 7) is 10.7. The first-order chi connectivity index (χ1) is 9.76. The smallest absolute Gasteiger partial charge is 0.240 e. The first kappa shape index (κ1) is 17.9. The quantitative estimate of drug-likeness (QED) is 0.772. The van der Waals surface area contributed by atoms with Gasteiger partial charge in [-0.1, -0.05) is 13.8 Å². The second-order valence-corrected chi connectivity index (χ2v) is 7.23. The SMILES string of the molecule is CCOc1ccc(S(=O)(=O)NC(C)C)cc1CNC(C)C. The van der Waals surface area contributed by atoms with Crippen molar-refractivity contribution in [1.82, 2.24) is 10.0 Å². The number of benzene rings is 1. The van der Waals surface area contributed by atoms with Crippen LogP contribution in [0.3, 0.4) is 0 Å². The van der Waals surface area contributed by atoms with E-state index in [1.807, 2.05) is 20.8 Å². The topological polar surface area (TPSA) is 67.4 Å². The van der Waals surface area contributed by atoms with E-state index in [9.17, 15) is 8.42 Å². The molecular formula is C15H26N2O3S. The van der Waals surface area contributed by atoms with Crippen LogP contribution in [-0.4, -0.2) is 27.1 Å². The minimum Gasteiger partial charge on any atom is -0.494 e. The molecule has 5 nitrogen and oxygen atoms in total. The first-order valence-corrected chi connectivity index (χ1v) is 8.76. The maximum Gasteiger partial charge on any atom is 0.240 e. The lowest BCUT2D eigenvalue weighted by Gasteiger charge is -2.15. The van der Waals surface area contributed by atoms with Crippen molar-refractivity contribution in [2.45, 2.75) is 58.1 Å². The molecule has 0 heterocycles. The highest BCUT2D eigenvalue weighted by atomic mass is 32.2. The molecule has 1 rings (SSSR count). The van der Waals surface area contributed by atoms with Crippen molar-refractivity contribution in [3.8, 4) is 5.75 Å². The van der Waals surface area contributed by atoms with Crippen LogP contribution >= 0.6 is 0 Å². The molecule has 0 aromatic heterocycles. The van der Waals surface area contributed by atoms with E-state index in [4.69, 9.17) is 4.74 Å². The Bertz CT molecular complexity index is 554. The van der Waals surface area contributed by atoms with Crippen molar-refractivity contribution in [2.24, 2.45) is 0 Å². The lowest BCUT2D eigenvalue weighted by atomic mass is 10.2. The van der Waals surface area contributed by atoms with Gasteiger partial charge in [0.15, 0.2) is 0 Å². The van der Waals surface area contributed by atoms with Crippen molar-refractivity contribution in [3.63, 3.8) is 0 Å². The summed E-state index contributed by atoms with van der Waals surface area (Å²) in [5.74, 6) is 0.717. The molecule has 120 valence electrons. The largest absolute Gasteiger partial charge is 0.494 e. The molecule has 0 aliphatic carbocycles. The van der Waals surface area contributed by atoms with Gasteiger partial charge < -0.3 is 10.1 Å². The van der Waals surface area contributed by atoms with Gasteiger partial charge in [0, 0.05) is 24.2 Å². The van der Waals surface area contributed by atoms with Gasteiger partial charge in [0.1, 0.15) is 5.75 Å². The fraction of sp³-hybridized carbons (Fsp3) is 0.600. The Hall–Kier alpha value is -1.11. The Morgan fingerprint density at radius 1 is 1.14 bits per heavy atom. The molecule has 0 spiro atoms. The van der Waals surface area contributed by atoms with E-state index in [0.717, 1.165) is 5.56 Å². The maximum atomic E-state index is 12.2. The minimum atomic E-state index is -3.49. The lowest BCUT2D eigenvalue weighted by Crippen LogP contribution is -2.30. The van der Waals surface area contributed by atoms with E-state index in [0.29, 0.717) is 24.9 Å². The first-order valence-electron chi connectivity index (χ1n) is 7.27. The van der Waals surface area contributed by atoms with E-state index in [1.165, 1.54) is 0 Å². The summed E-state index contributed by atoms with van der Waals surface area (Å²) in [5, 5.41) is 3.28. The van der Waals surface area contributed by atoms with Gasteiger partial charge in [0.05, 0.1) is 11.5 Å². The minimum absolute atomic E-state index is 0.140. The van der Waals surface area contributed by atoms with Crippen molar-refractivity contribution >= 4 is 10.0 Å². The summed E-state index contributed by atoms with van der Waals surface area (Å²) in [6, 6.07) is 5.14. The normalized spacial score (nSPS) is 12.1. The average Bonchev–Trinajstić information content (AvgIpc) is 2.36. The van der Waals surface area contributed by atoms with Gasteiger partial charge in [-0.3, -0.25) is 0 Å². The lowest BCUT2D eigenvalue weighted by molar-refractivity contribution is 0.334. The van der Waals surface area contributed by atoms with Crippen LogP contribution in [0.15, 0.2) is 23.1 Å². The number of sulfonamides is 1. The Balaban J connectivity index is 3.10. The molecule has 1 aromatic carbocycles. The van der Waals surface area contributed by atoms with E-state index in [1.54, 1.807) is 32.0 Å². The molecular weight excluding hydrogens is 288 g/mol. The van der Waals surface area contributed by atoms with Gasteiger partial charge >= 0.3 is 0 Å². The van der Waals surface area contributed by atoms with Crippen molar-refractivity contribution in [3.05, 3.63) is 23.8 Å². The third-order valence-corrected chi connectivity index (χ3v) is 4.39. The summed E-state index contributed by atoms with van der Waals surface area (Å²) >= 11 is 0. The molecule has 6 heteroatoms. The Morgan fingerprint density at radius 2 is 1.81 bits per heavy atom. The molecule has 0 saturated carbocycles. The number of rotatable bonds is 8. The van der Waals surface area contributed by atoms with Crippen LogP contribution in [0, 0.1) is 0 Å². The predicted octanol–water partition coefficient (Wildman–Crippen LogP) is 2.27. The summed E-state index contributed by atoms with van der Waals surface area (Å²) in [7, 11) is -3.49. The van der Waals surface area contributed by atoms with Crippen molar-refractivity contribution < 1.29 is 13.2 Å². The highest BCUT2D eigenvalue weighted by molar-refractivity contribution is 7.89. The monoisotopic (exact) mass is 314 g/mol. The van der Waals surface area contributed by atoms with E-state index < -0.39 is 10.0 Å². The highest BCUT2D eigenvalue weighted by Crippen LogP contribution is 2.23. The number of nitrogens with one attached hydrogen (secondary N) is 2. The molecule has 1 aromatic rings. The number of ether oxygens (including phenoxy) is 1. The van der Waals surface area contributed by atoms with Gasteiger partial charge in [-0.05, 0) is 39.0 Å². The predicted molar refractivity (Wildman–Crippen MR) is 85.0 cm³/mol. The molecule has 0 unspecified atom stereocenters. The molecule has 0 fully saturated rings. The molecule has 0 bridgehead atoms. The molecule has 0 radical (unpaired) electrons. The van der Waals surface area contributed by atoms with E-state index in [2.05, 4.69) is 10.0 Å². The van der Waals surface area contributed by atoms with Gasteiger partial charge in [-0.25, -0.2) is 13.1 Å². The van der Waals surface area contributed by atoms with Crippen LogP contribution < -0.4 is 14.8 Å².